The molecule has 0 aromatic heterocycles. The van der Waals surface area contributed by atoms with Crippen molar-refractivity contribution in [3.63, 3.8) is 0 Å². The Labute approximate surface area is 104 Å². The monoisotopic (exact) mass is 239 g/mol. The lowest BCUT2D eigenvalue weighted by molar-refractivity contribution is -0.128. The van der Waals surface area contributed by atoms with Crippen molar-refractivity contribution < 1.29 is 4.79 Å². The predicted molar refractivity (Wildman–Crippen MR) is 68.7 cm³/mol. The molecule has 2 atom stereocenters. The lowest BCUT2D eigenvalue weighted by Crippen LogP contribution is -2.50. The van der Waals surface area contributed by atoms with Crippen LogP contribution in [-0.2, 0) is 4.79 Å². The van der Waals surface area contributed by atoms with Crippen LogP contribution in [0.25, 0.3) is 0 Å². The molecule has 1 aliphatic carbocycles. The molecule has 0 bridgehead atoms. The van der Waals surface area contributed by atoms with Gasteiger partial charge in [-0.05, 0) is 19.3 Å². The van der Waals surface area contributed by atoms with Crippen LogP contribution in [0.1, 0.15) is 39.0 Å². The lowest BCUT2D eigenvalue weighted by Gasteiger charge is -2.37. The fraction of sp³-hybridized carbons (Fsp3) is 0.923. The fourth-order valence-corrected chi connectivity index (χ4v) is 3.18. The summed E-state index contributed by atoms with van der Waals surface area (Å²) in [7, 11) is 0. The van der Waals surface area contributed by atoms with Gasteiger partial charge in [-0.2, -0.15) is 0 Å². The molecule has 2 N–H and O–H groups in total. The Balaban J connectivity index is 1.91. The highest BCUT2D eigenvalue weighted by molar-refractivity contribution is 5.73. The molecular formula is C13H25N3O. The molecule has 2 unspecified atom stereocenters. The van der Waals surface area contributed by atoms with E-state index in [9.17, 15) is 4.79 Å². The normalized spacial score (nSPS) is 32.2. The van der Waals surface area contributed by atoms with Crippen LogP contribution >= 0.6 is 0 Å². The molecule has 1 heterocycles. The van der Waals surface area contributed by atoms with E-state index in [4.69, 9.17) is 5.73 Å². The van der Waals surface area contributed by atoms with Gasteiger partial charge < -0.3 is 10.6 Å². The molecule has 1 saturated heterocycles. The summed E-state index contributed by atoms with van der Waals surface area (Å²) in [6.07, 6.45) is 6.08. The summed E-state index contributed by atoms with van der Waals surface area (Å²) in [5, 5.41) is 0. The molecule has 1 aliphatic heterocycles. The number of carbonyl (C=O) groups is 1. The minimum absolute atomic E-state index is 0.208. The minimum atomic E-state index is 0.208. The Morgan fingerprint density at radius 2 is 1.82 bits per heavy atom. The summed E-state index contributed by atoms with van der Waals surface area (Å²) < 4.78 is 0. The third-order valence-corrected chi connectivity index (χ3v) is 4.23. The van der Waals surface area contributed by atoms with Gasteiger partial charge in [0.25, 0.3) is 0 Å². The summed E-state index contributed by atoms with van der Waals surface area (Å²) in [6.45, 7) is 5.55. The van der Waals surface area contributed by atoms with Crippen LogP contribution in [0.2, 0.25) is 0 Å². The SMILES string of the molecule is CC(=O)N1CCCN(C2CCCCC2N)CC1. The first kappa shape index (κ1) is 12.8. The number of hydrogen-bond acceptors (Lipinski definition) is 3. The summed E-state index contributed by atoms with van der Waals surface area (Å²) in [4.78, 5) is 15.9. The fourth-order valence-electron chi connectivity index (χ4n) is 3.18. The average Bonchev–Trinajstić information content (AvgIpc) is 2.55. The number of carbonyl (C=O) groups excluding carboxylic acids is 1. The maximum atomic E-state index is 11.4. The average molecular weight is 239 g/mol. The molecule has 0 spiro atoms. The van der Waals surface area contributed by atoms with Crippen LogP contribution in [0, 0.1) is 0 Å². The van der Waals surface area contributed by atoms with Crippen molar-refractivity contribution in [2.45, 2.75) is 51.1 Å². The first-order valence-corrected chi connectivity index (χ1v) is 6.93. The Hall–Kier alpha value is -0.610. The van der Waals surface area contributed by atoms with Crippen molar-refractivity contribution in [1.29, 1.82) is 0 Å². The number of hydrogen-bond donors (Lipinski definition) is 1. The third-order valence-electron chi connectivity index (χ3n) is 4.23. The number of amides is 1. The van der Waals surface area contributed by atoms with E-state index in [1.807, 2.05) is 4.90 Å². The van der Waals surface area contributed by atoms with Gasteiger partial charge >= 0.3 is 0 Å². The maximum absolute atomic E-state index is 11.4. The van der Waals surface area contributed by atoms with Crippen molar-refractivity contribution in [3.05, 3.63) is 0 Å². The Bertz CT molecular complexity index is 269. The van der Waals surface area contributed by atoms with E-state index in [0.29, 0.717) is 12.1 Å². The molecule has 4 heteroatoms. The molecule has 1 amide bonds. The first-order chi connectivity index (χ1) is 8.18. The van der Waals surface area contributed by atoms with Gasteiger partial charge in [0.15, 0.2) is 0 Å². The molecule has 2 rings (SSSR count). The minimum Gasteiger partial charge on any atom is -0.342 e. The third kappa shape index (κ3) is 3.19. The van der Waals surface area contributed by atoms with E-state index in [-0.39, 0.29) is 5.91 Å². The summed E-state index contributed by atoms with van der Waals surface area (Å²) in [5.74, 6) is 0.208. The smallest absolute Gasteiger partial charge is 0.219 e. The first-order valence-electron chi connectivity index (χ1n) is 6.93. The quantitative estimate of drug-likeness (QED) is 0.737. The zero-order valence-corrected chi connectivity index (χ0v) is 10.9. The molecule has 2 aliphatic rings. The van der Waals surface area contributed by atoms with E-state index in [0.717, 1.165) is 39.0 Å². The molecule has 98 valence electrons. The zero-order chi connectivity index (χ0) is 12.3. The van der Waals surface area contributed by atoms with E-state index < -0.39 is 0 Å². The van der Waals surface area contributed by atoms with Gasteiger partial charge in [-0.15, -0.1) is 0 Å². The van der Waals surface area contributed by atoms with E-state index in [2.05, 4.69) is 4.90 Å². The van der Waals surface area contributed by atoms with Crippen LogP contribution in [0.5, 0.6) is 0 Å². The highest BCUT2D eigenvalue weighted by atomic mass is 16.2. The van der Waals surface area contributed by atoms with Crippen molar-refractivity contribution in [2.75, 3.05) is 26.2 Å². The second kappa shape index (κ2) is 5.83. The van der Waals surface area contributed by atoms with E-state index in [1.54, 1.807) is 6.92 Å². The standard InChI is InChI=1S/C13H25N3O/c1-11(17)15-7-4-8-16(10-9-15)13-6-3-2-5-12(13)14/h12-13H,2-10,14H2,1H3. The Kier molecular flexibility index (Phi) is 4.40. The molecule has 0 aromatic carbocycles. The van der Waals surface area contributed by atoms with Gasteiger partial charge in [0, 0.05) is 45.2 Å². The molecule has 4 nitrogen and oxygen atoms in total. The molecule has 0 aromatic rings. The molecule has 0 radical (unpaired) electrons. The van der Waals surface area contributed by atoms with Crippen molar-refractivity contribution in [2.24, 2.45) is 5.73 Å². The second-order valence-electron chi connectivity index (χ2n) is 5.41. The zero-order valence-electron chi connectivity index (χ0n) is 10.9. The van der Waals surface area contributed by atoms with Crippen LogP contribution < -0.4 is 5.73 Å². The van der Waals surface area contributed by atoms with Gasteiger partial charge in [-0.25, -0.2) is 0 Å². The summed E-state index contributed by atoms with van der Waals surface area (Å²) >= 11 is 0. The summed E-state index contributed by atoms with van der Waals surface area (Å²) in [5.41, 5.74) is 6.23. The van der Waals surface area contributed by atoms with Crippen LogP contribution in [0.3, 0.4) is 0 Å². The van der Waals surface area contributed by atoms with E-state index in [1.165, 1.54) is 19.3 Å². The predicted octanol–water partition coefficient (Wildman–Crippen LogP) is 0.811. The van der Waals surface area contributed by atoms with Crippen molar-refractivity contribution in [3.8, 4) is 0 Å². The Morgan fingerprint density at radius 3 is 2.53 bits per heavy atom. The maximum Gasteiger partial charge on any atom is 0.219 e. The van der Waals surface area contributed by atoms with Gasteiger partial charge in [-0.3, -0.25) is 9.69 Å². The van der Waals surface area contributed by atoms with Gasteiger partial charge in [0.05, 0.1) is 0 Å². The van der Waals surface area contributed by atoms with Crippen molar-refractivity contribution in [1.82, 2.24) is 9.80 Å². The molecule has 2 fully saturated rings. The van der Waals surface area contributed by atoms with Crippen LogP contribution in [0.15, 0.2) is 0 Å². The Morgan fingerprint density at radius 1 is 1.06 bits per heavy atom. The topological polar surface area (TPSA) is 49.6 Å². The number of nitrogens with zero attached hydrogens (tertiary/aromatic N) is 2. The van der Waals surface area contributed by atoms with Crippen LogP contribution in [-0.4, -0.2) is 54.0 Å². The second-order valence-corrected chi connectivity index (χ2v) is 5.41. The molecule has 1 saturated carbocycles. The molecular weight excluding hydrogens is 214 g/mol. The lowest BCUT2D eigenvalue weighted by atomic mass is 9.89. The molecule has 17 heavy (non-hydrogen) atoms. The van der Waals surface area contributed by atoms with Gasteiger partial charge in [-0.1, -0.05) is 12.8 Å². The highest BCUT2D eigenvalue weighted by Gasteiger charge is 2.29. The van der Waals surface area contributed by atoms with Gasteiger partial charge in [0.1, 0.15) is 0 Å². The van der Waals surface area contributed by atoms with E-state index >= 15 is 0 Å². The highest BCUT2D eigenvalue weighted by Crippen LogP contribution is 2.22. The van der Waals surface area contributed by atoms with Crippen LogP contribution in [0.4, 0.5) is 0 Å². The summed E-state index contributed by atoms with van der Waals surface area (Å²) in [6, 6.07) is 0.892. The van der Waals surface area contributed by atoms with Crippen molar-refractivity contribution >= 4 is 5.91 Å². The largest absolute Gasteiger partial charge is 0.342 e. The number of rotatable bonds is 1. The van der Waals surface area contributed by atoms with Gasteiger partial charge in [0.2, 0.25) is 5.91 Å². The number of nitrogens with two attached hydrogens (primary N) is 1.